The molecular weight excluding hydrogens is 474 g/mol. The molecule has 10 nitrogen and oxygen atoms in total. The number of hydrogen-bond acceptors (Lipinski definition) is 7. The van der Waals surface area contributed by atoms with E-state index in [1.807, 2.05) is 19.1 Å². The van der Waals surface area contributed by atoms with Crippen LogP contribution < -0.4 is 24.4 Å². The lowest BCUT2D eigenvalue weighted by Gasteiger charge is -2.30. The van der Waals surface area contributed by atoms with Crippen LogP contribution in [0.1, 0.15) is 32.4 Å². The molecule has 0 saturated heterocycles. The second-order valence-electron chi connectivity index (χ2n) is 8.18. The van der Waals surface area contributed by atoms with E-state index < -0.39 is 21.8 Å². The lowest BCUT2D eigenvalue weighted by Crippen LogP contribution is -2.45. The van der Waals surface area contributed by atoms with Gasteiger partial charge >= 0.3 is 0 Å². The molecule has 0 aliphatic carbocycles. The van der Waals surface area contributed by atoms with Crippen LogP contribution in [0.3, 0.4) is 0 Å². The van der Waals surface area contributed by atoms with Crippen LogP contribution >= 0.6 is 0 Å². The molecule has 0 saturated carbocycles. The molecule has 1 N–H and O–H groups in total. The zero-order valence-corrected chi connectivity index (χ0v) is 20.8. The summed E-state index contributed by atoms with van der Waals surface area (Å²) in [6, 6.07) is 9.45. The van der Waals surface area contributed by atoms with Gasteiger partial charge in [-0.1, -0.05) is 19.9 Å². The number of hydrogen-bond donors (Lipinski definition) is 1. The van der Waals surface area contributed by atoms with Gasteiger partial charge < -0.3 is 19.5 Å². The number of nitrogens with one attached hydrogen (secondary N) is 1. The molecule has 0 aromatic heterocycles. The van der Waals surface area contributed by atoms with Crippen molar-refractivity contribution in [2.45, 2.75) is 31.7 Å². The van der Waals surface area contributed by atoms with Crippen molar-refractivity contribution in [3.05, 3.63) is 42.0 Å². The zero-order chi connectivity index (χ0) is 25.2. The number of fused-ring (bicyclic) bond motifs is 2. The number of anilines is 1. The molecule has 2 aliphatic heterocycles. The van der Waals surface area contributed by atoms with E-state index in [1.165, 1.54) is 27.4 Å². The molecule has 4 rings (SSSR count). The molecule has 0 bridgehead atoms. The molecule has 35 heavy (non-hydrogen) atoms. The summed E-state index contributed by atoms with van der Waals surface area (Å²) in [7, 11) is -3.75. The summed E-state index contributed by atoms with van der Waals surface area (Å²) in [5.74, 6) is 0.789. The largest absolute Gasteiger partial charge is 0.486 e. The number of carbonyl (C=O) groups excluding carboxylic acids is 2. The Bertz CT molecular complexity index is 1230. The minimum Gasteiger partial charge on any atom is -0.486 e. The van der Waals surface area contributed by atoms with Crippen molar-refractivity contribution < 1.29 is 32.2 Å². The Kier molecular flexibility index (Phi) is 7.18. The highest BCUT2D eigenvalue weighted by atomic mass is 32.2. The van der Waals surface area contributed by atoms with E-state index in [-0.39, 0.29) is 29.8 Å². The average Bonchev–Trinajstić information content (AvgIpc) is 2.85. The first-order valence-electron chi connectivity index (χ1n) is 11.5. The molecule has 2 amide bonds. The van der Waals surface area contributed by atoms with Gasteiger partial charge in [0.2, 0.25) is 15.9 Å². The number of benzene rings is 2. The van der Waals surface area contributed by atoms with Gasteiger partial charge in [-0.25, -0.2) is 8.42 Å². The van der Waals surface area contributed by atoms with Crippen LogP contribution in [0.2, 0.25) is 0 Å². The Balaban J connectivity index is 1.52. The average molecular weight is 504 g/mol. The fourth-order valence-corrected chi connectivity index (χ4v) is 5.55. The predicted molar refractivity (Wildman–Crippen MR) is 128 cm³/mol. The van der Waals surface area contributed by atoms with E-state index in [2.05, 4.69) is 5.32 Å². The first kappa shape index (κ1) is 24.8. The summed E-state index contributed by atoms with van der Waals surface area (Å²) >= 11 is 0. The highest BCUT2D eigenvalue weighted by molar-refractivity contribution is 7.89. The van der Waals surface area contributed by atoms with Crippen LogP contribution in [0.25, 0.3) is 0 Å². The van der Waals surface area contributed by atoms with Gasteiger partial charge in [-0.15, -0.1) is 0 Å². The number of amides is 2. The van der Waals surface area contributed by atoms with E-state index in [4.69, 9.17) is 14.2 Å². The summed E-state index contributed by atoms with van der Waals surface area (Å²) < 4.78 is 43.9. The van der Waals surface area contributed by atoms with Crippen LogP contribution in [0, 0.1) is 0 Å². The fraction of sp³-hybridized carbons (Fsp3) is 0.417. The molecule has 2 heterocycles. The fourth-order valence-electron chi connectivity index (χ4n) is 4.07. The number of rotatable bonds is 8. The van der Waals surface area contributed by atoms with Crippen molar-refractivity contribution in [1.29, 1.82) is 0 Å². The predicted octanol–water partition coefficient (Wildman–Crippen LogP) is 2.09. The SMILES string of the molecule is CCN(CC)S(=O)(=O)c1ccc2c(c1)N(CC(=O)NC(C)c1ccc3c(c1)OCCO3)C(=O)CO2. The van der Waals surface area contributed by atoms with Crippen molar-refractivity contribution in [2.24, 2.45) is 0 Å². The standard InChI is InChI=1S/C24H29N3O7S/c1-4-26(5-2)35(30,31)18-7-9-20-19(13-18)27(24(29)15-34-20)14-23(28)25-16(3)17-6-8-21-22(12-17)33-11-10-32-21/h6-9,12-13,16H,4-5,10-11,14-15H2,1-3H3,(H,25,28). The number of carbonyl (C=O) groups is 2. The Hall–Kier alpha value is -3.31. The van der Waals surface area contributed by atoms with Gasteiger partial charge in [-0.05, 0) is 42.8 Å². The van der Waals surface area contributed by atoms with Crippen LogP contribution in [0.5, 0.6) is 17.2 Å². The van der Waals surface area contributed by atoms with Crippen LogP contribution in [-0.2, 0) is 19.6 Å². The minimum atomic E-state index is -3.75. The lowest BCUT2D eigenvalue weighted by molar-refractivity contribution is -0.125. The van der Waals surface area contributed by atoms with Crippen molar-refractivity contribution in [2.75, 3.05) is 44.4 Å². The van der Waals surface area contributed by atoms with E-state index in [0.29, 0.717) is 43.6 Å². The maximum atomic E-state index is 13.0. The molecule has 0 radical (unpaired) electrons. The van der Waals surface area contributed by atoms with Gasteiger partial charge in [0, 0.05) is 13.1 Å². The smallest absolute Gasteiger partial charge is 0.265 e. The Morgan fingerprint density at radius 3 is 2.43 bits per heavy atom. The Morgan fingerprint density at radius 1 is 1.03 bits per heavy atom. The van der Waals surface area contributed by atoms with Gasteiger partial charge in [0.05, 0.1) is 16.6 Å². The number of nitrogens with zero attached hydrogens (tertiary/aromatic N) is 2. The second kappa shape index (κ2) is 10.1. The van der Waals surface area contributed by atoms with Crippen molar-refractivity contribution in [3.8, 4) is 17.2 Å². The molecule has 0 fully saturated rings. The van der Waals surface area contributed by atoms with Crippen LogP contribution in [-0.4, -0.2) is 64.0 Å². The maximum Gasteiger partial charge on any atom is 0.265 e. The van der Waals surface area contributed by atoms with Gasteiger partial charge in [-0.2, -0.15) is 4.31 Å². The molecule has 1 unspecified atom stereocenters. The molecular formula is C24H29N3O7S. The third-order valence-corrected chi connectivity index (χ3v) is 8.01. The van der Waals surface area contributed by atoms with Crippen molar-refractivity contribution in [3.63, 3.8) is 0 Å². The molecule has 2 aromatic carbocycles. The maximum absolute atomic E-state index is 13.0. The van der Waals surface area contributed by atoms with E-state index >= 15 is 0 Å². The van der Waals surface area contributed by atoms with Crippen LogP contribution in [0.15, 0.2) is 41.3 Å². The van der Waals surface area contributed by atoms with Crippen molar-refractivity contribution in [1.82, 2.24) is 9.62 Å². The van der Waals surface area contributed by atoms with E-state index in [1.54, 1.807) is 19.9 Å². The molecule has 188 valence electrons. The van der Waals surface area contributed by atoms with Gasteiger partial charge in [-0.3, -0.25) is 14.5 Å². The highest BCUT2D eigenvalue weighted by Crippen LogP contribution is 2.35. The first-order chi connectivity index (χ1) is 16.7. The van der Waals surface area contributed by atoms with Gasteiger partial charge in [0.25, 0.3) is 5.91 Å². The molecule has 1 atom stereocenters. The lowest BCUT2D eigenvalue weighted by atomic mass is 10.1. The number of sulfonamides is 1. The van der Waals surface area contributed by atoms with Gasteiger partial charge in [0.1, 0.15) is 25.5 Å². The third kappa shape index (κ3) is 5.06. The zero-order valence-electron chi connectivity index (χ0n) is 19.9. The third-order valence-electron chi connectivity index (χ3n) is 5.96. The Morgan fingerprint density at radius 2 is 1.71 bits per heavy atom. The summed E-state index contributed by atoms with van der Waals surface area (Å²) in [5, 5.41) is 2.89. The van der Waals surface area contributed by atoms with Crippen molar-refractivity contribution >= 4 is 27.5 Å². The Labute approximate surface area is 204 Å². The highest BCUT2D eigenvalue weighted by Gasteiger charge is 2.31. The topological polar surface area (TPSA) is 114 Å². The molecule has 2 aromatic rings. The van der Waals surface area contributed by atoms with E-state index in [9.17, 15) is 18.0 Å². The first-order valence-corrected chi connectivity index (χ1v) is 12.9. The van der Waals surface area contributed by atoms with Gasteiger partial charge in [0.15, 0.2) is 18.1 Å². The minimum absolute atomic E-state index is 0.0355. The monoisotopic (exact) mass is 503 g/mol. The molecule has 11 heteroatoms. The molecule has 0 spiro atoms. The van der Waals surface area contributed by atoms with E-state index in [0.717, 1.165) is 5.56 Å². The summed E-state index contributed by atoms with van der Waals surface area (Å²) in [5.41, 5.74) is 1.07. The summed E-state index contributed by atoms with van der Waals surface area (Å²) in [6.45, 7) is 6.40. The normalized spacial score (nSPS) is 15.9. The summed E-state index contributed by atoms with van der Waals surface area (Å²) in [6.07, 6.45) is 0. The summed E-state index contributed by atoms with van der Waals surface area (Å²) in [4.78, 5) is 26.8. The second-order valence-corrected chi connectivity index (χ2v) is 10.1. The number of ether oxygens (including phenoxy) is 3. The van der Waals surface area contributed by atoms with Crippen LogP contribution in [0.4, 0.5) is 5.69 Å². The quantitative estimate of drug-likeness (QED) is 0.587. The molecule has 2 aliphatic rings.